The lowest BCUT2D eigenvalue weighted by Crippen LogP contribution is -2.48. The third-order valence-electron chi connectivity index (χ3n) is 4.09. The number of rotatable bonds is 6. The molecule has 2 N–H and O–H groups in total. The second-order valence-corrected chi connectivity index (χ2v) is 6.78. The van der Waals surface area contributed by atoms with Gasteiger partial charge in [0, 0.05) is 13.0 Å². The molecule has 2 rings (SSSR count). The van der Waals surface area contributed by atoms with E-state index in [-0.39, 0.29) is 18.4 Å². The van der Waals surface area contributed by atoms with Crippen LogP contribution in [0.2, 0.25) is 0 Å². The summed E-state index contributed by atoms with van der Waals surface area (Å²) in [5, 5.41) is 17.0. The zero-order valence-corrected chi connectivity index (χ0v) is 14.0. The molecule has 122 valence electrons. The number of thiophene rings is 1. The Morgan fingerprint density at radius 3 is 2.95 bits per heavy atom. The van der Waals surface area contributed by atoms with Crippen molar-refractivity contribution in [2.45, 2.75) is 51.2 Å². The van der Waals surface area contributed by atoms with Crippen molar-refractivity contribution in [3.63, 3.8) is 0 Å². The van der Waals surface area contributed by atoms with Gasteiger partial charge in [-0.2, -0.15) is 11.3 Å². The number of amides is 2. The van der Waals surface area contributed by atoms with E-state index in [0.29, 0.717) is 19.4 Å². The van der Waals surface area contributed by atoms with Gasteiger partial charge in [0.25, 0.3) is 0 Å². The maximum atomic E-state index is 12.4. The molecule has 1 aromatic heterocycles. The Kier molecular flexibility index (Phi) is 5.58. The van der Waals surface area contributed by atoms with Crippen LogP contribution >= 0.6 is 11.3 Å². The summed E-state index contributed by atoms with van der Waals surface area (Å²) in [7, 11) is 0. The fourth-order valence-electron chi connectivity index (χ4n) is 2.75. The van der Waals surface area contributed by atoms with Gasteiger partial charge in [-0.3, -0.25) is 9.59 Å². The topological polar surface area (TPSA) is 69.6 Å². The first-order valence-electron chi connectivity index (χ1n) is 7.78. The molecule has 2 amide bonds. The lowest BCUT2D eigenvalue weighted by atomic mass is 9.99. The van der Waals surface area contributed by atoms with Gasteiger partial charge in [0.2, 0.25) is 11.8 Å². The minimum absolute atomic E-state index is 0.0461. The number of carbonyl (C=O) groups is 2. The predicted octanol–water partition coefficient (Wildman–Crippen LogP) is 1.86. The number of likely N-dealkylation sites (tertiary alicyclic amines) is 1. The molecular formula is C16H24N2O3S. The van der Waals surface area contributed by atoms with Crippen molar-refractivity contribution in [2.75, 3.05) is 13.1 Å². The zero-order chi connectivity index (χ0) is 16.2. The van der Waals surface area contributed by atoms with E-state index in [1.165, 1.54) is 11.3 Å². The van der Waals surface area contributed by atoms with E-state index >= 15 is 0 Å². The average Bonchev–Trinajstić information content (AvgIpc) is 3.15. The summed E-state index contributed by atoms with van der Waals surface area (Å²) in [4.78, 5) is 26.1. The molecule has 1 aliphatic rings. The smallest absolute Gasteiger partial charge is 0.242 e. The summed E-state index contributed by atoms with van der Waals surface area (Å²) in [5.74, 6) is -0.123. The maximum absolute atomic E-state index is 12.4. The van der Waals surface area contributed by atoms with Crippen molar-refractivity contribution < 1.29 is 14.7 Å². The standard InChI is InChI=1S/C16H24N2O3S/c1-3-5-14(19)18-8-4-6-13(18)15(20)17-11-16(2,21)12-7-9-22-10-12/h7,9-10,13,21H,3-6,8,11H2,1-2H3,(H,17,20)/t13-,16+/m1/s1. The number of carbonyl (C=O) groups excluding carboxylic acids is 2. The monoisotopic (exact) mass is 324 g/mol. The third-order valence-corrected chi connectivity index (χ3v) is 4.77. The van der Waals surface area contributed by atoms with Crippen molar-refractivity contribution in [3.05, 3.63) is 22.4 Å². The molecule has 0 saturated carbocycles. The van der Waals surface area contributed by atoms with Crippen LogP contribution in [0, 0.1) is 0 Å². The van der Waals surface area contributed by atoms with E-state index in [0.717, 1.165) is 18.4 Å². The molecule has 2 atom stereocenters. The van der Waals surface area contributed by atoms with E-state index in [4.69, 9.17) is 0 Å². The first-order chi connectivity index (χ1) is 10.5. The molecule has 0 aliphatic carbocycles. The molecule has 22 heavy (non-hydrogen) atoms. The summed E-state index contributed by atoms with van der Waals surface area (Å²) in [6.45, 7) is 4.44. The molecule has 0 bridgehead atoms. The molecule has 0 spiro atoms. The SMILES string of the molecule is CCCC(=O)N1CCC[C@@H]1C(=O)NC[C@](C)(O)c1ccsc1. The van der Waals surface area contributed by atoms with Crippen LogP contribution in [0.1, 0.15) is 45.1 Å². The first kappa shape index (κ1) is 17.0. The lowest BCUT2D eigenvalue weighted by molar-refractivity contribution is -0.138. The van der Waals surface area contributed by atoms with Crippen LogP contribution in [0.4, 0.5) is 0 Å². The Hall–Kier alpha value is -1.40. The molecule has 6 heteroatoms. The second kappa shape index (κ2) is 7.24. The van der Waals surface area contributed by atoms with Crippen LogP contribution in [-0.2, 0) is 15.2 Å². The van der Waals surface area contributed by atoms with Crippen LogP contribution in [-0.4, -0.2) is 41.0 Å². The molecule has 0 radical (unpaired) electrons. The molecule has 1 saturated heterocycles. The summed E-state index contributed by atoms with van der Waals surface area (Å²) in [6, 6.07) is 1.46. The fourth-order valence-corrected chi connectivity index (χ4v) is 3.53. The quantitative estimate of drug-likeness (QED) is 0.839. The highest BCUT2D eigenvalue weighted by atomic mass is 32.1. The zero-order valence-electron chi connectivity index (χ0n) is 13.2. The summed E-state index contributed by atoms with van der Waals surface area (Å²) >= 11 is 1.51. The van der Waals surface area contributed by atoms with E-state index < -0.39 is 11.6 Å². The van der Waals surface area contributed by atoms with E-state index in [9.17, 15) is 14.7 Å². The Morgan fingerprint density at radius 1 is 1.55 bits per heavy atom. The number of hydrogen-bond acceptors (Lipinski definition) is 4. The summed E-state index contributed by atoms with van der Waals surface area (Å²) in [5.41, 5.74) is -0.296. The van der Waals surface area contributed by atoms with E-state index in [2.05, 4.69) is 5.32 Å². The molecule has 1 fully saturated rings. The number of hydrogen-bond donors (Lipinski definition) is 2. The van der Waals surface area contributed by atoms with Crippen LogP contribution in [0.25, 0.3) is 0 Å². The Balaban J connectivity index is 1.93. The van der Waals surface area contributed by atoms with E-state index in [1.807, 2.05) is 23.8 Å². The highest BCUT2D eigenvalue weighted by Crippen LogP contribution is 2.23. The van der Waals surface area contributed by atoms with Crippen molar-refractivity contribution in [3.8, 4) is 0 Å². The first-order valence-corrected chi connectivity index (χ1v) is 8.72. The van der Waals surface area contributed by atoms with Gasteiger partial charge in [0.1, 0.15) is 11.6 Å². The van der Waals surface area contributed by atoms with Crippen LogP contribution in [0.15, 0.2) is 16.8 Å². The van der Waals surface area contributed by atoms with Crippen molar-refractivity contribution >= 4 is 23.2 Å². The number of nitrogens with one attached hydrogen (secondary N) is 1. The van der Waals surface area contributed by atoms with Crippen LogP contribution < -0.4 is 5.32 Å². The molecule has 5 nitrogen and oxygen atoms in total. The van der Waals surface area contributed by atoms with Gasteiger partial charge in [-0.05, 0) is 48.6 Å². The van der Waals surface area contributed by atoms with Gasteiger partial charge in [-0.15, -0.1) is 0 Å². The Bertz CT molecular complexity index is 513. The fraction of sp³-hybridized carbons (Fsp3) is 0.625. The van der Waals surface area contributed by atoms with Gasteiger partial charge < -0.3 is 15.3 Å². The van der Waals surface area contributed by atoms with Crippen LogP contribution in [0.3, 0.4) is 0 Å². The Morgan fingerprint density at radius 2 is 2.32 bits per heavy atom. The van der Waals surface area contributed by atoms with Gasteiger partial charge >= 0.3 is 0 Å². The van der Waals surface area contributed by atoms with E-state index in [1.54, 1.807) is 11.8 Å². The maximum Gasteiger partial charge on any atom is 0.242 e. The lowest BCUT2D eigenvalue weighted by Gasteiger charge is -2.27. The van der Waals surface area contributed by atoms with Crippen molar-refractivity contribution in [1.29, 1.82) is 0 Å². The molecule has 1 aliphatic heterocycles. The molecular weight excluding hydrogens is 300 g/mol. The largest absolute Gasteiger partial charge is 0.384 e. The van der Waals surface area contributed by atoms with Gasteiger partial charge in [-0.25, -0.2) is 0 Å². The van der Waals surface area contributed by atoms with Crippen molar-refractivity contribution in [1.82, 2.24) is 10.2 Å². The van der Waals surface area contributed by atoms with Gasteiger partial charge in [-0.1, -0.05) is 6.92 Å². The normalized spacial score (nSPS) is 20.7. The summed E-state index contributed by atoms with van der Waals surface area (Å²) in [6.07, 6.45) is 2.82. The van der Waals surface area contributed by atoms with Crippen LogP contribution in [0.5, 0.6) is 0 Å². The summed E-state index contributed by atoms with van der Waals surface area (Å²) < 4.78 is 0. The highest BCUT2D eigenvalue weighted by molar-refractivity contribution is 7.08. The molecule has 0 aromatic carbocycles. The Labute approximate surface area is 135 Å². The highest BCUT2D eigenvalue weighted by Gasteiger charge is 2.34. The average molecular weight is 324 g/mol. The molecule has 0 unspecified atom stereocenters. The van der Waals surface area contributed by atoms with Gasteiger partial charge in [0.05, 0.1) is 6.54 Å². The second-order valence-electron chi connectivity index (χ2n) is 6.00. The van der Waals surface area contributed by atoms with Crippen molar-refractivity contribution in [2.24, 2.45) is 0 Å². The minimum Gasteiger partial charge on any atom is -0.384 e. The number of nitrogens with zero attached hydrogens (tertiary/aromatic N) is 1. The molecule has 1 aromatic rings. The minimum atomic E-state index is -1.09. The van der Waals surface area contributed by atoms with Gasteiger partial charge in [0.15, 0.2) is 0 Å². The predicted molar refractivity (Wildman–Crippen MR) is 86.5 cm³/mol. The number of aliphatic hydroxyl groups is 1. The molecule has 2 heterocycles. The third kappa shape index (κ3) is 3.87.